The fourth-order valence-electron chi connectivity index (χ4n) is 2.50. The second-order valence-electron chi connectivity index (χ2n) is 3.83. The average Bonchev–Trinajstić information content (AvgIpc) is 2.60. The first kappa shape index (κ1) is 8.29. The SMILES string of the molecule is NC(=O)C12CCC(C=C1C(=O)O)C2. The van der Waals surface area contributed by atoms with E-state index in [1.165, 1.54) is 0 Å². The molecule has 2 rings (SSSR count). The minimum absolute atomic E-state index is 0.219. The third-order valence-corrected chi connectivity index (χ3v) is 3.17. The maximum absolute atomic E-state index is 11.2. The van der Waals surface area contributed by atoms with Crippen molar-refractivity contribution in [2.75, 3.05) is 0 Å². The number of carboxylic acids is 1. The number of amides is 1. The molecule has 3 N–H and O–H groups in total. The lowest BCUT2D eigenvalue weighted by Gasteiger charge is -2.23. The van der Waals surface area contributed by atoms with Gasteiger partial charge in [0.2, 0.25) is 5.91 Å². The third-order valence-electron chi connectivity index (χ3n) is 3.17. The second-order valence-corrected chi connectivity index (χ2v) is 3.83. The number of rotatable bonds is 2. The van der Waals surface area contributed by atoms with Crippen molar-refractivity contribution >= 4 is 11.9 Å². The molecule has 0 saturated heterocycles. The van der Waals surface area contributed by atoms with Crippen molar-refractivity contribution in [1.29, 1.82) is 0 Å². The molecule has 1 fully saturated rings. The van der Waals surface area contributed by atoms with Gasteiger partial charge in [-0.3, -0.25) is 4.79 Å². The molecule has 0 aliphatic heterocycles. The van der Waals surface area contributed by atoms with E-state index in [2.05, 4.69) is 0 Å². The number of carbonyl (C=O) groups is 2. The molecule has 4 heteroatoms. The maximum Gasteiger partial charge on any atom is 0.332 e. The summed E-state index contributed by atoms with van der Waals surface area (Å²) in [6.07, 6.45) is 3.78. The van der Waals surface area contributed by atoms with Crippen LogP contribution in [-0.4, -0.2) is 17.0 Å². The van der Waals surface area contributed by atoms with Gasteiger partial charge in [0.15, 0.2) is 0 Å². The Labute approximate surface area is 75.4 Å². The molecule has 1 amide bonds. The zero-order valence-corrected chi connectivity index (χ0v) is 7.12. The second kappa shape index (κ2) is 2.34. The van der Waals surface area contributed by atoms with E-state index in [0.29, 0.717) is 12.8 Å². The molecule has 2 unspecified atom stereocenters. The Balaban J connectivity index is 2.44. The summed E-state index contributed by atoms with van der Waals surface area (Å²) in [6.45, 7) is 0. The fraction of sp³-hybridized carbons (Fsp3) is 0.556. The fourth-order valence-corrected chi connectivity index (χ4v) is 2.50. The quantitative estimate of drug-likeness (QED) is 0.642. The Morgan fingerprint density at radius 3 is 2.69 bits per heavy atom. The first-order valence-electron chi connectivity index (χ1n) is 4.32. The van der Waals surface area contributed by atoms with Crippen LogP contribution in [0.2, 0.25) is 0 Å². The average molecular weight is 181 g/mol. The van der Waals surface area contributed by atoms with Crippen LogP contribution in [0, 0.1) is 11.3 Å². The van der Waals surface area contributed by atoms with Crippen molar-refractivity contribution < 1.29 is 14.7 Å². The lowest BCUT2D eigenvalue weighted by molar-refractivity contribution is -0.137. The Kier molecular flexibility index (Phi) is 1.49. The molecule has 4 nitrogen and oxygen atoms in total. The standard InChI is InChI=1S/C9H11NO3/c10-8(13)9-2-1-5(4-9)3-6(9)7(11)12/h3,5H,1-2,4H2,(H2,10,13)(H,11,12). The van der Waals surface area contributed by atoms with Gasteiger partial charge in [0.1, 0.15) is 0 Å². The summed E-state index contributed by atoms with van der Waals surface area (Å²) in [5.41, 5.74) is 4.62. The number of carboxylic acid groups (broad SMARTS) is 1. The Morgan fingerprint density at radius 2 is 2.31 bits per heavy atom. The molecule has 0 aromatic carbocycles. The summed E-state index contributed by atoms with van der Waals surface area (Å²) in [5, 5.41) is 8.87. The maximum atomic E-state index is 11.2. The molecule has 0 aromatic rings. The van der Waals surface area contributed by atoms with Crippen LogP contribution < -0.4 is 5.73 Å². The topological polar surface area (TPSA) is 80.4 Å². The van der Waals surface area contributed by atoms with E-state index in [1.54, 1.807) is 6.08 Å². The first-order valence-corrected chi connectivity index (χ1v) is 4.32. The van der Waals surface area contributed by atoms with Gasteiger partial charge in [0.05, 0.1) is 5.41 Å². The number of nitrogens with two attached hydrogens (primary N) is 1. The molecule has 0 spiro atoms. The minimum Gasteiger partial charge on any atom is -0.478 e. The predicted molar refractivity (Wildman–Crippen MR) is 44.7 cm³/mol. The van der Waals surface area contributed by atoms with E-state index < -0.39 is 17.3 Å². The van der Waals surface area contributed by atoms with Crippen LogP contribution in [0.1, 0.15) is 19.3 Å². The van der Waals surface area contributed by atoms with Crippen LogP contribution in [0.3, 0.4) is 0 Å². The lowest BCUT2D eigenvalue weighted by atomic mass is 9.80. The van der Waals surface area contributed by atoms with Gasteiger partial charge >= 0.3 is 5.97 Å². The van der Waals surface area contributed by atoms with Crippen molar-refractivity contribution in [3.05, 3.63) is 11.6 Å². The predicted octanol–water partition coefficient (Wildman–Crippen LogP) is 0.283. The molecule has 0 heterocycles. The number of hydrogen-bond donors (Lipinski definition) is 2. The molecular formula is C9H11NO3. The Morgan fingerprint density at radius 1 is 1.62 bits per heavy atom. The Hall–Kier alpha value is -1.32. The molecule has 2 atom stereocenters. The number of hydrogen-bond acceptors (Lipinski definition) is 2. The summed E-state index contributed by atoms with van der Waals surface area (Å²) in [7, 11) is 0. The molecule has 13 heavy (non-hydrogen) atoms. The summed E-state index contributed by atoms with van der Waals surface area (Å²) < 4.78 is 0. The minimum atomic E-state index is -0.999. The van der Waals surface area contributed by atoms with Crippen molar-refractivity contribution in [3.8, 4) is 0 Å². The summed E-state index contributed by atoms with van der Waals surface area (Å²) in [6, 6.07) is 0. The number of carbonyl (C=O) groups excluding carboxylic acids is 1. The van der Waals surface area contributed by atoms with E-state index in [0.717, 1.165) is 6.42 Å². The van der Waals surface area contributed by atoms with Gasteiger partial charge in [-0.05, 0) is 25.2 Å². The Bertz CT molecular complexity index is 321. The van der Waals surface area contributed by atoms with Crippen LogP contribution in [0.4, 0.5) is 0 Å². The van der Waals surface area contributed by atoms with Gasteiger partial charge in [0.25, 0.3) is 0 Å². The van der Waals surface area contributed by atoms with E-state index in [-0.39, 0.29) is 11.5 Å². The number of aliphatic carboxylic acids is 1. The molecule has 0 radical (unpaired) electrons. The first-order chi connectivity index (χ1) is 6.06. The van der Waals surface area contributed by atoms with Crippen LogP contribution in [0.15, 0.2) is 11.6 Å². The normalized spacial score (nSPS) is 36.0. The van der Waals surface area contributed by atoms with E-state index in [1.807, 2.05) is 0 Å². The number of fused-ring (bicyclic) bond motifs is 2. The lowest BCUT2D eigenvalue weighted by Crippen LogP contribution is -2.37. The molecule has 2 bridgehead atoms. The van der Waals surface area contributed by atoms with E-state index in [4.69, 9.17) is 10.8 Å². The van der Waals surface area contributed by atoms with E-state index in [9.17, 15) is 9.59 Å². The van der Waals surface area contributed by atoms with E-state index >= 15 is 0 Å². The van der Waals surface area contributed by atoms with Crippen molar-refractivity contribution in [2.45, 2.75) is 19.3 Å². The summed E-state index contributed by atoms with van der Waals surface area (Å²) >= 11 is 0. The molecular weight excluding hydrogens is 170 g/mol. The van der Waals surface area contributed by atoms with Gasteiger partial charge in [-0.25, -0.2) is 4.79 Å². The monoisotopic (exact) mass is 181 g/mol. The van der Waals surface area contributed by atoms with Crippen LogP contribution in [-0.2, 0) is 9.59 Å². The smallest absolute Gasteiger partial charge is 0.332 e. The molecule has 1 saturated carbocycles. The van der Waals surface area contributed by atoms with Crippen LogP contribution in [0.5, 0.6) is 0 Å². The zero-order valence-electron chi connectivity index (χ0n) is 7.12. The summed E-state index contributed by atoms with van der Waals surface area (Å²) in [4.78, 5) is 22.0. The van der Waals surface area contributed by atoms with Crippen molar-refractivity contribution in [1.82, 2.24) is 0 Å². The van der Waals surface area contributed by atoms with Gasteiger partial charge < -0.3 is 10.8 Å². The van der Waals surface area contributed by atoms with Gasteiger partial charge in [-0.2, -0.15) is 0 Å². The highest BCUT2D eigenvalue weighted by Crippen LogP contribution is 2.53. The molecule has 70 valence electrons. The number of primary amides is 1. The molecule has 0 aromatic heterocycles. The van der Waals surface area contributed by atoms with Crippen molar-refractivity contribution in [2.24, 2.45) is 17.1 Å². The zero-order chi connectivity index (χ0) is 9.64. The van der Waals surface area contributed by atoms with Crippen LogP contribution >= 0.6 is 0 Å². The van der Waals surface area contributed by atoms with Gasteiger partial charge in [0, 0.05) is 5.57 Å². The third kappa shape index (κ3) is 0.913. The highest BCUT2D eigenvalue weighted by molar-refractivity contribution is 5.99. The number of allylic oxidation sites excluding steroid dienone is 1. The molecule has 2 aliphatic rings. The largest absolute Gasteiger partial charge is 0.478 e. The highest BCUT2D eigenvalue weighted by Gasteiger charge is 2.53. The summed E-state index contributed by atoms with van der Waals surface area (Å²) in [5.74, 6) is -1.24. The molecule has 2 aliphatic carbocycles. The van der Waals surface area contributed by atoms with Gasteiger partial charge in [-0.15, -0.1) is 0 Å². The van der Waals surface area contributed by atoms with Gasteiger partial charge in [-0.1, -0.05) is 6.08 Å². The van der Waals surface area contributed by atoms with Crippen LogP contribution in [0.25, 0.3) is 0 Å². The van der Waals surface area contributed by atoms with Crippen molar-refractivity contribution in [3.63, 3.8) is 0 Å². The highest BCUT2D eigenvalue weighted by atomic mass is 16.4.